The van der Waals surface area contributed by atoms with E-state index in [1.807, 2.05) is 24.3 Å². The normalized spacial score (nSPS) is 10.2. The summed E-state index contributed by atoms with van der Waals surface area (Å²) in [5.74, 6) is -0.184. The van der Waals surface area contributed by atoms with E-state index in [4.69, 9.17) is 10.8 Å². The zero-order chi connectivity index (χ0) is 14.4. The highest BCUT2D eigenvalue weighted by molar-refractivity contribution is 6.04. The number of hydrogen-bond donors (Lipinski definition) is 3. The molecule has 4 heteroatoms. The van der Waals surface area contributed by atoms with Gasteiger partial charge in [-0.15, -0.1) is 0 Å². The van der Waals surface area contributed by atoms with E-state index in [1.54, 1.807) is 24.3 Å². The number of aryl methyl sites for hydroxylation is 1. The number of aliphatic hydroxyl groups excluding tert-OH is 1. The maximum atomic E-state index is 12.1. The van der Waals surface area contributed by atoms with Gasteiger partial charge in [-0.05, 0) is 48.7 Å². The molecule has 0 saturated carbocycles. The van der Waals surface area contributed by atoms with E-state index in [0.29, 0.717) is 17.7 Å². The molecule has 20 heavy (non-hydrogen) atoms. The number of rotatable bonds is 5. The van der Waals surface area contributed by atoms with Crippen LogP contribution < -0.4 is 11.1 Å². The van der Waals surface area contributed by atoms with Gasteiger partial charge in [-0.1, -0.05) is 18.2 Å². The molecule has 0 unspecified atom stereocenters. The average molecular weight is 270 g/mol. The Balaban J connectivity index is 2.07. The molecule has 0 aliphatic heterocycles. The van der Waals surface area contributed by atoms with Gasteiger partial charge < -0.3 is 16.2 Å². The largest absolute Gasteiger partial charge is 0.399 e. The van der Waals surface area contributed by atoms with Crippen molar-refractivity contribution in [1.29, 1.82) is 0 Å². The summed E-state index contributed by atoms with van der Waals surface area (Å²) in [6, 6.07) is 14.5. The number of carbonyl (C=O) groups excluding carboxylic acids is 1. The van der Waals surface area contributed by atoms with Crippen molar-refractivity contribution in [3.05, 3.63) is 59.7 Å². The van der Waals surface area contributed by atoms with E-state index in [9.17, 15) is 4.79 Å². The number of amides is 1. The Bertz CT molecular complexity index is 597. The molecule has 104 valence electrons. The van der Waals surface area contributed by atoms with Gasteiger partial charge in [0, 0.05) is 23.5 Å². The average Bonchev–Trinajstić information content (AvgIpc) is 2.45. The van der Waals surface area contributed by atoms with E-state index in [2.05, 4.69) is 5.32 Å². The summed E-state index contributed by atoms with van der Waals surface area (Å²) < 4.78 is 0. The van der Waals surface area contributed by atoms with Gasteiger partial charge in [0.25, 0.3) is 5.91 Å². The minimum Gasteiger partial charge on any atom is -0.399 e. The number of nitrogens with two attached hydrogens (primary N) is 1. The SMILES string of the molecule is Nc1cccc(C(=O)Nc2cccc(CCCO)c2)c1. The third-order valence-corrected chi connectivity index (χ3v) is 2.96. The Hall–Kier alpha value is -2.33. The standard InChI is InChI=1S/C16H18N2O2/c17-14-7-2-6-13(11-14)16(20)18-15-8-1-4-12(10-15)5-3-9-19/h1-2,4,6-8,10-11,19H,3,5,9,17H2,(H,18,20). The second-order valence-corrected chi connectivity index (χ2v) is 4.61. The van der Waals surface area contributed by atoms with E-state index < -0.39 is 0 Å². The lowest BCUT2D eigenvalue weighted by atomic mass is 10.1. The van der Waals surface area contributed by atoms with E-state index in [-0.39, 0.29) is 12.5 Å². The van der Waals surface area contributed by atoms with Gasteiger partial charge in [0.1, 0.15) is 0 Å². The Morgan fingerprint density at radius 3 is 2.70 bits per heavy atom. The Morgan fingerprint density at radius 1 is 1.15 bits per heavy atom. The third-order valence-electron chi connectivity index (χ3n) is 2.96. The van der Waals surface area contributed by atoms with Crippen molar-refractivity contribution < 1.29 is 9.90 Å². The molecule has 0 aliphatic rings. The van der Waals surface area contributed by atoms with Crippen LogP contribution in [0.15, 0.2) is 48.5 Å². The smallest absolute Gasteiger partial charge is 0.255 e. The van der Waals surface area contributed by atoms with Crippen LogP contribution in [0.1, 0.15) is 22.3 Å². The first-order chi connectivity index (χ1) is 9.69. The molecule has 2 aromatic carbocycles. The summed E-state index contributed by atoms with van der Waals surface area (Å²) in [7, 11) is 0. The summed E-state index contributed by atoms with van der Waals surface area (Å²) in [6.07, 6.45) is 1.51. The van der Waals surface area contributed by atoms with Crippen LogP contribution in [0, 0.1) is 0 Å². The summed E-state index contributed by atoms with van der Waals surface area (Å²) in [4.78, 5) is 12.1. The quantitative estimate of drug-likeness (QED) is 0.730. The summed E-state index contributed by atoms with van der Waals surface area (Å²) in [6.45, 7) is 0.167. The molecule has 4 nitrogen and oxygen atoms in total. The zero-order valence-electron chi connectivity index (χ0n) is 11.2. The number of anilines is 2. The molecule has 2 rings (SSSR count). The van der Waals surface area contributed by atoms with Gasteiger partial charge in [0.2, 0.25) is 0 Å². The minimum atomic E-state index is -0.184. The summed E-state index contributed by atoms with van der Waals surface area (Å²) >= 11 is 0. The van der Waals surface area contributed by atoms with Gasteiger partial charge in [-0.3, -0.25) is 4.79 Å². The lowest BCUT2D eigenvalue weighted by Crippen LogP contribution is -2.12. The van der Waals surface area contributed by atoms with Crippen LogP contribution in [-0.4, -0.2) is 17.6 Å². The first kappa shape index (κ1) is 14.1. The highest BCUT2D eigenvalue weighted by atomic mass is 16.2. The molecule has 0 radical (unpaired) electrons. The van der Waals surface area contributed by atoms with Gasteiger partial charge >= 0.3 is 0 Å². The first-order valence-corrected chi connectivity index (χ1v) is 6.56. The predicted molar refractivity (Wildman–Crippen MR) is 80.7 cm³/mol. The predicted octanol–water partition coefficient (Wildman–Crippen LogP) is 2.45. The molecule has 0 saturated heterocycles. The second-order valence-electron chi connectivity index (χ2n) is 4.61. The Morgan fingerprint density at radius 2 is 1.95 bits per heavy atom. The Labute approximate surface area is 118 Å². The lowest BCUT2D eigenvalue weighted by Gasteiger charge is -2.08. The van der Waals surface area contributed by atoms with Crippen LogP contribution in [-0.2, 0) is 6.42 Å². The van der Waals surface area contributed by atoms with Crippen molar-refractivity contribution in [3.63, 3.8) is 0 Å². The van der Waals surface area contributed by atoms with Crippen LogP contribution in [0.3, 0.4) is 0 Å². The first-order valence-electron chi connectivity index (χ1n) is 6.56. The van der Waals surface area contributed by atoms with Crippen molar-refractivity contribution in [3.8, 4) is 0 Å². The van der Waals surface area contributed by atoms with E-state index >= 15 is 0 Å². The molecule has 0 spiro atoms. The number of nitrogens with one attached hydrogen (secondary N) is 1. The van der Waals surface area contributed by atoms with Crippen LogP contribution in [0.4, 0.5) is 11.4 Å². The van der Waals surface area contributed by atoms with Crippen LogP contribution >= 0.6 is 0 Å². The molecule has 0 bridgehead atoms. The third kappa shape index (κ3) is 3.83. The molecular formula is C16H18N2O2. The molecular weight excluding hydrogens is 252 g/mol. The topological polar surface area (TPSA) is 75.4 Å². The van der Waals surface area contributed by atoms with E-state index in [0.717, 1.165) is 17.7 Å². The van der Waals surface area contributed by atoms with Gasteiger partial charge in [-0.25, -0.2) is 0 Å². The van der Waals surface area contributed by atoms with Crippen molar-refractivity contribution in [2.24, 2.45) is 0 Å². The van der Waals surface area contributed by atoms with Crippen molar-refractivity contribution in [1.82, 2.24) is 0 Å². The van der Waals surface area contributed by atoms with Crippen molar-refractivity contribution in [2.75, 3.05) is 17.7 Å². The number of benzene rings is 2. The lowest BCUT2D eigenvalue weighted by molar-refractivity contribution is 0.102. The maximum absolute atomic E-state index is 12.1. The number of carbonyl (C=O) groups is 1. The number of hydrogen-bond acceptors (Lipinski definition) is 3. The molecule has 2 aromatic rings. The summed E-state index contributed by atoms with van der Waals surface area (Å²) in [5, 5.41) is 11.7. The highest BCUT2D eigenvalue weighted by Gasteiger charge is 2.06. The highest BCUT2D eigenvalue weighted by Crippen LogP contribution is 2.14. The van der Waals surface area contributed by atoms with E-state index in [1.165, 1.54) is 0 Å². The van der Waals surface area contributed by atoms with Crippen LogP contribution in [0.2, 0.25) is 0 Å². The Kier molecular flexibility index (Phi) is 4.74. The fourth-order valence-electron chi connectivity index (χ4n) is 1.97. The zero-order valence-corrected chi connectivity index (χ0v) is 11.2. The van der Waals surface area contributed by atoms with Gasteiger partial charge in [0.05, 0.1) is 0 Å². The minimum absolute atomic E-state index is 0.167. The fourth-order valence-corrected chi connectivity index (χ4v) is 1.97. The molecule has 1 amide bonds. The van der Waals surface area contributed by atoms with Gasteiger partial charge in [0.15, 0.2) is 0 Å². The maximum Gasteiger partial charge on any atom is 0.255 e. The monoisotopic (exact) mass is 270 g/mol. The summed E-state index contributed by atoms with van der Waals surface area (Å²) in [5.41, 5.74) is 8.59. The molecule has 0 aliphatic carbocycles. The van der Waals surface area contributed by atoms with Crippen molar-refractivity contribution >= 4 is 17.3 Å². The fraction of sp³-hybridized carbons (Fsp3) is 0.188. The van der Waals surface area contributed by atoms with Gasteiger partial charge in [-0.2, -0.15) is 0 Å². The molecule has 0 atom stereocenters. The molecule has 0 fully saturated rings. The number of nitrogen functional groups attached to an aromatic ring is 1. The van der Waals surface area contributed by atoms with Crippen LogP contribution in [0.25, 0.3) is 0 Å². The van der Waals surface area contributed by atoms with Crippen LogP contribution in [0.5, 0.6) is 0 Å². The molecule has 0 aromatic heterocycles. The second kappa shape index (κ2) is 6.73. The molecule has 4 N–H and O–H groups in total. The number of aliphatic hydroxyl groups is 1. The molecule has 0 heterocycles. The van der Waals surface area contributed by atoms with Crippen molar-refractivity contribution in [2.45, 2.75) is 12.8 Å².